The number of nitrogens with zero attached hydrogens (tertiary/aromatic N) is 3. The first-order chi connectivity index (χ1) is 9.38. The second-order valence-corrected chi connectivity index (χ2v) is 6.88. The number of nitrogens with one attached hydrogen (secondary N) is 1. The summed E-state index contributed by atoms with van der Waals surface area (Å²) in [5, 5.41) is 10.8. The molecule has 0 spiro atoms. The van der Waals surface area contributed by atoms with Crippen molar-refractivity contribution < 1.29 is 9.59 Å². The molecule has 6 nitrogen and oxygen atoms in total. The van der Waals surface area contributed by atoms with Gasteiger partial charge in [-0.2, -0.15) is 0 Å². The van der Waals surface area contributed by atoms with E-state index < -0.39 is 0 Å². The van der Waals surface area contributed by atoms with Gasteiger partial charge < -0.3 is 10.2 Å². The molecule has 110 valence electrons. The van der Waals surface area contributed by atoms with Crippen molar-refractivity contribution in [1.82, 2.24) is 15.1 Å². The monoisotopic (exact) mass is 296 g/mol. The highest BCUT2D eigenvalue weighted by atomic mass is 32.1. The predicted molar refractivity (Wildman–Crippen MR) is 77.3 cm³/mol. The van der Waals surface area contributed by atoms with E-state index >= 15 is 0 Å². The van der Waals surface area contributed by atoms with Crippen molar-refractivity contribution in [3.63, 3.8) is 0 Å². The van der Waals surface area contributed by atoms with Gasteiger partial charge in [-0.1, -0.05) is 32.1 Å². The number of rotatable bonds is 2. The normalized spacial score (nSPS) is 17.1. The van der Waals surface area contributed by atoms with Crippen molar-refractivity contribution >= 4 is 28.3 Å². The Bertz CT molecular complexity index is 473. The maximum atomic E-state index is 12.2. The van der Waals surface area contributed by atoms with Crippen LogP contribution in [0.1, 0.15) is 33.6 Å². The molecule has 0 aromatic carbocycles. The fraction of sp³-hybridized carbons (Fsp3) is 0.692. The van der Waals surface area contributed by atoms with E-state index in [2.05, 4.69) is 15.5 Å². The SMILES string of the molecule is CC(C)(C)C(=O)N1CCC(C(=O)Nc2nncs2)CC1. The number of carbonyl (C=O) groups is 2. The van der Waals surface area contributed by atoms with E-state index in [1.165, 1.54) is 11.3 Å². The molecule has 0 aliphatic carbocycles. The van der Waals surface area contributed by atoms with E-state index in [4.69, 9.17) is 0 Å². The van der Waals surface area contributed by atoms with E-state index in [1.54, 1.807) is 5.51 Å². The van der Waals surface area contributed by atoms with Gasteiger partial charge in [-0.15, -0.1) is 10.2 Å². The Hall–Kier alpha value is -1.50. The van der Waals surface area contributed by atoms with Crippen molar-refractivity contribution in [3.8, 4) is 0 Å². The van der Waals surface area contributed by atoms with Crippen LogP contribution in [-0.4, -0.2) is 40.0 Å². The number of piperidine rings is 1. The van der Waals surface area contributed by atoms with Crippen LogP contribution in [-0.2, 0) is 9.59 Å². The second-order valence-electron chi connectivity index (χ2n) is 6.05. The van der Waals surface area contributed by atoms with Gasteiger partial charge in [0, 0.05) is 24.4 Å². The predicted octanol–water partition coefficient (Wildman–Crippen LogP) is 1.76. The topological polar surface area (TPSA) is 75.2 Å². The average molecular weight is 296 g/mol. The quantitative estimate of drug-likeness (QED) is 0.902. The molecule has 1 aliphatic heterocycles. The minimum Gasteiger partial charge on any atom is -0.342 e. The third-order valence-corrected chi connectivity index (χ3v) is 3.99. The summed E-state index contributed by atoms with van der Waals surface area (Å²) in [5.74, 6) is 0.0769. The lowest BCUT2D eigenvalue weighted by Crippen LogP contribution is -2.45. The van der Waals surface area contributed by atoms with Gasteiger partial charge >= 0.3 is 0 Å². The number of aromatic nitrogens is 2. The molecule has 2 amide bonds. The van der Waals surface area contributed by atoms with Gasteiger partial charge in [-0.25, -0.2) is 0 Å². The lowest BCUT2D eigenvalue weighted by Gasteiger charge is -2.35. The molecule has 1 aromatic heterocycles. The molecular formula is C13H20N4O2S. The molecule has 0 unspecified atom stereocenters. The van der Waals surface area contributed by atoms with Crippen LogP contribution >= 0.6 is 11.3 Å². The van der Waals surface area contributed by atoms with Gasteiger partial charge in [0.15, 0.2) is 0 Å². The van der Waals surface area contributed by atoms with Gasteiger partial charge in [0.1, 0.15) is 5.51 Å². The maximum Gasteiger partial charge on any atom is 0.229 e. The van der Waals surface area contributed by atoms with Crippen LogP contribution in [0.4, 0.5) is 5.13 Å². The highest BCUT2D eigenvalue weighted by Gasteiger charge is 2.32. The Morgan fingerprint density at radius 2 is 2.00 bits per heavy atom. The molecule has 2 heterocycles. The van der Waals surface area contributed by atoms with Gasteiger partial charge in [0.25, 0.3) is 0 Å². The third-order valence-electron chi connectivity index (χ3n) is 3.38. The Kier molecular flexibility index (Phi) is 4.37. The first kappa shape index (κ1) is 14.9. The largest absolute Gasteiger partial charge is 0.342 e. The molecule has 0 saturated carbocycles. The van der Waals surface area contributed by atoms with E-state index in [0.29, 0.717) is 31.1 Å². The molecule has 2 rings (SSSR count). The highest BCUT2D eigenvalue weighted by molar-refractivity contribution is 7.13. The molecule has 1 fully saturated rings. The average Bonchev–Trinajstić information content (AvgIpc) is 2.90. The van der Waals surface area contributed by atoms with Gasteiger partial charge in [0.05, 0.1) is 0 Å². The Balaban J connectivity index is 1.85. The van der Waals surface area contributed by atoms with Crippen molar-refractivity contribution in [2.24, 2.45) is 11.3 Å². The minimum absolute atomic E-state index is 0.0235. The van der Waals surface area contributed by atoms with Crippen molar-refractivity contribution in [1.29, 1.82) is 0 Å². The van der Waals surface area contributed by atoms with Crippen LogP contribution in [0, 0.1) is 11.3 Å². The molecule has 1 saturated heterocycles. The van der Waals surface area contributed by atoms with E-state index in [-0.39, 0.29) is 23.1 Å². The number of amides is 2. The molecular weight excluding hydrogens is 276 g/mol. The summed E-state index contributed by atoms with van der Waals surface area (Å²) >= 11 is 1.31. The van der Waals surface area contributed by atoms with Gasteiger partial charge in [-0.3, -0.25) is 9.59 Å². The zero-order valence-corrected chi connectivity index (χ0v) is 12.9. The number of carbonyl (C=O) groups excluding carboxylic acids is 2. The smallest absolute Gasteiger partial charge is 0.229 e. The fourth-order valence-corrected chi connectivity index (χ4v) is 2.70. The maximum absolute atomic E-state index is 12.2. The number of likely N-dealkylation sites (tertiary alicyclic amines) is 1. The molecule has 1 aliphatic rings. The summed E-state index contributed by atoms with van der Waals surface area (Å²) in [5.41, 5.74) is 1.22. The van der Waals surface area contributed by atoms with Crippen LogP contribution in [0.15, 0.2) is 5.51 Å². The van der Waals surface area contributed by atoms with E-state index in [0.717, 1.165) is 0 Å². The van der Waals surface area contributed by atoms with Crippen molar-refractivity contribution in [2.75, 3.05) is 18.4 Å². The van der Waals surface area contributed by atoms with Crippen molar-refractivity contribution in [2.45, 2.75) is 33.6 Å². The minimum atomic E-state index is -0.359. The first-order valence-corrected chi connectivity index (χ1v) is 7.62. The van der Waals surface area contributed by atoms with Gasteiger partial charge in [0.2, 0.25) is 16.9 Å². The van der Waals surface area contributed by atoms with E-state index in [9.17, 15) is 9.59 Å². The summed E-state index contributed by atoms with van der Waals surface area (Å²) in [7, 11) is 0. The van der Waals surface area contributed by atoms with Crippen LogP contribution in [0.5, 0.6) is 0 Å². The Morgan fingerprint density at radius 1 is 1.35 bits per heavy atom. The lowest BCUT2D eigenvalue weighted by atomic mass is 9.91. The molecule has 20 heavy (non-hydrogen) atoms. The van der Waals surface area contributed by atoms with Crippen LogP contribution in [0.3, 0.4) is 0 Å². The molecule has 7 heteroatoms. The molecule has 0 atom stereocenters. The summed E-state index contributed by atoms with van der Waals surface area (Å²) in [6.45, 7) is 7.05. The van der Waals surface area contributed by atoms with Crippen LogP contribution in [0.2, 0.25) is 0 Å². The summed E-state index contributed by atoms with van der Waals surface area (Å²) < 4.78 is 0. The fourth-order valence-electron chi connectivity index (χ4n) is 2.25. The zero-order chi connectivity index (χ0) is 14.8. The molecule has 0 bridgehead atoms. The number of hydrogen-bond acceptors (Lipinski definition) is 5. The standard InChI is InChI=1S/C13H20N4O2S/c1-13(2,3)11(19)17-6-4-9(5-7-17)10(18)15-12-16-14-8-20-12/h8-9H,4-7H2,1-3H3,(H,15,16,18). The summed E-state index contributed by atoms with van der Waals surface area (Å²) in [6, 6.07) is 0. The van der Waals surface area contributed by atoms with Gasteiger partial charge in [-0.05, 0) is 12.8 Å². The third kappa shape index (κ3) is 3.53. The number of hydrogen-bond donors (Lipinski definition) is 1. The lowest BCUT2D eigenvalue weighted by molar-refractivity contribution is -0.142. The van der Waals surface area contributed by atoms with Crippen LogP contribution < -0.4 is 5.32 Å². The number of anilines is 1. The summed E-state index contributed by atoms with van der Waals surface area (Å²) in [6.07, 6.45) is 1.40. The summed E-state index contributed by atoms with van der Waals surface area (Å²) in [4.78, 5) is 26.1. The first-order valence-electron chi connectivity index (χ1n) is 6.74. The zero-order valence-electron chi connectivity index (χ0n) is 12.0. The molecule has 1 aromatic rings. The Labute approximate surface area is 122 Å². The highest BCUT2D eigenvalue weighted by Crippen LogP contribution is 2.24. The van der Waals surface area contributed by atoms with Crippen LogP contribution in [0.25, 0.3) is 0 Å². The molecule has 1 N–H and O–H groups in total. The van der Waals surface area contributed by atoms with Crippen molar-refractivity contribution in [3.05, 3.63) is 5.51 Å². The second kappa shape index (κ2) is 5.87. The molecule has 0 radical (unpaired) electrons. The Morgan fingerprint density at radius 3 is 2.50 bits per heavy atom. The van der Waals surface area contributed by atoms with E-state index in [1.807, 2.05) is 25.7 Å².